The molecular formula is C19H23NO3. The third-order valence-electron chi connectivity index (χ3n) is 3.62. The Kier molecular flexibility index (Phi) is 6.48. The molecule has 1 amide bonds. The van der Waals surface area contributed by atoms with E-state index in [4.69, 9.17) is 9.47 Å². The van der Waals surface area contributed by atoms with Crippen LogP contribution in [0.2, 0.25) is 0 Å². The molecule has 0 unspecified atom stereocenters. The largest absolute Gasteiger partial charge is 0.493 e. The molecule has 0 atom stereocenters. The lowest BCUT2D eigenvalue weighted by Gasteiger charge is -2.10. The predicted octanol–water partition coefficient (Wildman–Crippen LogP) is 3.00. The molecule has 0 saturated heterocycles. The van der Waals surface area contributed by atoms with Gasteiger partial charge in [0.05, 0.1) is 20.6 Å². The van der Waals surface area contributed by atoms with Crippen LogP contribution in [0, 0.1) is 0 Å². The molecule has 122 valence electrons. The number of benzene rings is 2. The molecule has 0 saturated carbocycles. The van der Waals surface area contributed by atoms with Gasteiger partial charge in [-0.3, -0.25) is 4.79 Å². The van der Waals surface area contributed by atoms with E-state index >= 15 is 0 Å². The van der Waals surface area contributed by atoms with Gasteiger partial charge in [0.2, 0.25) is 5.91 Å². The Balaban J connectivity index is 1.76. The second kappa shape index (κ2) is 8.83. The summed E-state index contributed by atoms with van der Waals surface area (Å²) < 4.78 is 10.4. The first-order valence-electron chi connectivity index (χ1n) is 7.74. The summed E-state index contributed by atoms with van der Waals surface area (Å²) in [5, 5.41) is 2.96. The van der Waals surface area contributed by atoms with Crippen LogP contribution in [-0.2, 0) is 17.6 Å². The zero-order chi connectivity index (χ0) is 16.5. The van der Waals surface area contributed by atoms with Gasteiger partial charge >= 0.3 is 0 Å². The summed E-state index contributed by atoms with van der Waals surface area (Å²) in [7, 11) is 3.18. The molecule has 2 aromatic rings. The highest BCUT2D eigenvalue weighted by molar-refractivity contribution is 5.78. The van der Waals surface area contributed by atoms with Gasteiger partial charge in [-0.1, -0.05) is 36.4 Å². The monoisotopic (exact) mass is 313 g/mol. The Labute approximate surface area is 137 Å². The van der Waals surface area contributed by atoms with Crippen LogP contribution in [0.25, 0.3) is 0 Å². The number of hydrogen-bond donors (Lipinski definition) is 1. The normalized spacial score (nSPS) is 10.2. The van der Waals surface area contributed by atoms with Crippen molar-refractivity contribution in [1.82, 2.24) is 5.32 Å². The molecule has 0 aliphatic rings. The maximum absolute atomic E-state index is 12.0. The zero-order valence-electron chi connectivity index (χ0n) is 13.7. The van der Waals surface area contributed by atoms with Crippen molar-refractivity contribution in [3.05, 3.63) is 59.7 Å². The molecule has 0 heterocycles. The number of ether oxygens (including phenoxy) is 2. The van der Waals surface area contributed by atoms with Crippen molar-refractivity contribution in [3.8, 4) is 11.5 Å². The molecule has 0 aliphatic carbocycles. The molecule has 0 aromatic heterocycles. The summed E-state index contributed by atoms with van der Waals surface area (Å²) in [6.07, 6.45) is 2.24. The summed E-state index contributed by atoms with van der Waals surface area (Å²) in [6.45, 7) is 0.682. The van der Waals surface area contributed by atoms with Crippen LogP contribution in [0.4, 0.5) is 0 Å². The van der Waals surface area contributed by atoms with Crippen molar-refractivity contribution < 1.29 is 14.3 Å². The van der Waals surface area contributed by atoms with Gasteiger partial charge in [0.25, 0.3) is 0 Å². The van der Waals surface area contributed by atoms with E-state index in [-0.39, 0.29) is 5.91 Å². The summed E-state index contributed by atoms with van der Waals surface area (Å²) in [5.41, 5.74) is 2.20. The van der Waals surface area contributed by atoms with Gasteiger partial charge in [0, 0.05) is 6.54 Å². The summed E-state index contributed by atoms with van der Waals surface area (Å²) in [5.74, 6) is 1.33. The van der Waals surface area contributed by atoms with Crippen molar-refractivity contribution in [1.29, 1.82) is 0 Å². The fraction of sp³-hybridized carbons (Fsp3) is 0.316. The van der Waals surface area contributed by atoms with Gasteiger partial charge in [-0.15, -0.1) is 0 Å². The van der Waals surface area contributed by atoms with Crippen LogP contribution < -0.4 is 14.8 Å². The lowest BCUT2D eigenvalue weighted by molar-refractivity contribution is -0.120. The number of hydrogen-bond acceptors (Lipinski definition) is 3. The Bertz CT molecular complexity index is 626. The first kappa shape index (κ1) is 16.9. The van der Waals surface area contributed by atoms with E-state index in [1.54, 1.807) is 14.2 Å². The van der Waals surface area contributed by atoms with Gasteiger partial charge in [0.15, 0.2) is 11.5 Å². The molecule has 4 nitrogen and oxygen atoms in total. The lowest BCUT2D eigenvalue weighted by atomic mass is 10.1. The van der Waals surface area contributed by atoms with Gasteiger partial charge in [-0.25, -0.2) is 0 Å². The highest BCUT2D eigenvalue weighted by Crippen LogP contribution is 2.27. The van der Waals surface area contributed by atoms with E-state index in [9.17, 15) is 4.79 Å². The van der Waals surface area contributed by atoms with E-state index in [1.165, 1.54) is 5.56 Å². The molecule has 0 fully saturated rings. The average molecular weight is 313 g/mol. The molecular weight excluding hydrogens is 290 g/mol. The van der Waals surface area contributed by atoms with E-state index in [0.29, 0.717) is 24.5 Å². The molecule has 2 aromatic carbocycles. The highest BCUT2D eigenvalue weighted by atomic mass is 16.5. The Morgan fingerprint density at radius 2 is 1.70 bits per heavy atom. The number of rotatable bonds is 8. The van der Waals surface area contributed by atoms with Crippen LogP contribution in [0.3, 0.4) is 0 Å². The molecule has 0 bridgehead atoms. The van der Waals surface area contributed by atoms with Crippen LogP contribution in [0.1, 0.15) is 17.5 Å². The number of amides is 1. The average Bonchev–Trinajstić information content (AvgIpc) is 2.59. The van der Waals surface area contributed by atoms with Crippen LogP contribution >= 0.6 is 0 Å². The molecule has 4 heteroatoms. The molecule has 1 N–H and O–H groups in total. The van der Waals surface area contributed by atoms with Gasteiger partial charge in [-0.05, 0) is 36.1 Å². The number of nitrogens with one attached hydrogen (secondary N) is 1. The molecule has 2 rings (SSSR count). The van der Waals surface area contributed by atoms with Crippen molar-refractivity contribution >= 4 is 5.91 Å². The summed E-state index contributed by atoms with van der Waals surface area (Å²) in [6, 6.07) is 15.8. The molecule has 0 spiro atoms. The fourth-order valence-corrected chi connectivity index (χ4v) is 2.40. The Hall–Kier alpha value is -2.49. The smallest absolute Gasteiger partial charge is 0.224 e. The van der Waals surface area contributed by atoms with E-state index in [2.05, 4.69) is 17.4 Å². The standard InChI is InChI=1S/C19H23NO3/c1-22-17-11-10-16(13-18(17)23-2)14-19(21)20-12-6-9-15-7-4-3-5-8-15/h3-5,7-8,10-11,13H,6,9,12,14H2,1-2H3,(H,20,21). The lowest BCUT2D eigenvalue weighted by Crippen LogP contribution is -2.26. The zero-order valence-corrected chi connectivity index (χ0v) is 13.7. The number of carbonyl (C=O) groups excluding carboxylic acids is 1. The van der Waals surface area contributed by atoms with Crippen molar-refractivity contribution in [3.63, 3.8) is 0 Å². The summed E-state index contributed by atoms with van der Waals surface area (Å²) >= 11 is 0. The topological polar surface area (TPSA) is 47.6 Å². The minimum atomic E-state index is 0.0188. The Morgan fingerprint density at radius 1 is 0.957 bits per heavy atom. The fourth-order valence-electron chi connectivity index (χ4n) is 2.40. The highest BCUT2D eigenvalue weighted by Gasteiger charge is 2.08. The first-order valence-corrected chi connectivity index (χ1v) is 7.74. The molecule has 23 heavy (non-hydrogen) atoms. The quantitative estimate of drug-likeness (QED) is 0.762. The number of methoxy groups -OCH3 is 2. The predicted molar refractivity (Wildman–Crippen MR) is 91.0 cm³/mol. The van der Waals surface area contributed by atoms with Crippen molar-refractivity contribution in [2.24, 2.45) is 0 Å². The minimum absolute atomic E-state index is 0.0188. The third-order valence-corrected chi connectivity index (χ3v) is 3.62. The van der Waals surface area contributed by atoms with Gasteiger partial charge in [-0.2, -0.15) is 0 Å². The van der Waals surface area contributed by atoms with Gasteiger partial charge in [0.1, 0.15) is 0 Å². The second-order valence-corrected chi connectivity index (χ2v) is 5.31. The number of carbonyl (C=O) groups is 1. The van der Waals surface area contributed by atoms with Crippen LogP contribution in [-0.4, -0.2) is 26.7 Å². The summed E-state index contributed by atoms with van der Waals surface area (Å²) in [4.78, 5) is 12.0. The van der Waals surface area contributed by atoms with Crippen LogP contribution in [0.5, 0.6) is 11.5 Å². The second-order valence-electron chi connectivity index (χ2n) is 5.31. The van der Waals surface area contributed by atoms with E-state index < -0.39 is 0 Å². The maximum atomic E-state index is 12.0. The van der Waals surface area contributed by atoms with Gasteiger partial charge < -0.3 is 14.8 Å². The SMILES string of the molecule is COc1ccc(CC(=O)NCCCc2ccccc2)cc1OC. The van der Waals surface area contributed by atoms with E-state index in [0.717, 1.165) is 18.4 Å². The minimum Gasteiger partial charge on any atom is -0.493 e. The van der Waals surface area contributed by atoms with E-state index in [1.807, 2.05) is 36.4 Å². The first-order chi connectivity index (χ1) is 11.2. The third kappa shape index (κ3) is 5.33. The molecule has 0 aliphatic heterocycles. The molecule has 0 radical (unpaired) electrons. The number of aryl methyl sites for hydroxylation is 1. The van der Waals surface area contributed by atoms with Crippen LogP contribution in [0.15, 0.2) is 48.5 Å². The van der Waals surface area contributed by atoms with Crippen molar-refractivity contribution in [2.75, 3.05) is 20.8 Å². The van der Waals surface area contributed by atoms with Crippen molar-refractivity contribution in [2.45, 2.75) is 19.3 Å². The Morgan fingerprint density at radius 3 is 2.39 bits per heavy atom. The maximum Gasteiger partial charge on any atom is 0.224 e.